The number of thioether (sulfide) groups is 1. The molecule has 8 nitrogen and oxygen atoms in total. The number of hydrogen-bond acceptors (Lipinski definition) is 8. The van der Waals surface area contributed by atoms with Crippen LogP contribution in [0.5, 0.6) is 0 Å². The molecule has 150 valence electrons. The van der Waals surface area contributed by atoms with Gasteiger partial charge in [-0.3, -0.25) is 14.9 Å². The molecule has 0 saturated heterocycles. The predicted molar refractivity (Wildman–Crippen MR) is 108 cm³/mol. The van der Waals surface area contributed by atoms with Gasteiger partial charge in [-0.1, -0.05) is 30.0 Å². The van der Waals surface area contributed by atoms with Gasteiger partial charge in [-0.2, -0.15) is 0 Å². The normalized spacial score (nSPS) is 10.7. The standard InChI is InChI=1S/C20H19N3O5S/c1-4-27-20(26)17-16(11(2)24)12(3)28-18(17)23-15(25)9-29-19-13-7-5-6-8-14(13)21-10-22-19/h5-8,10H,4,9H2,1-3H3,(H,23,25). The summed E-state index contributed by atoms with van der Waals surface area (Å²) in [6, 6.07) is 7.49. The number of fused-ring (bicyclic) bond motifs is 1. The van der Waals surface area contributed by atoms with Crippen LogP contribution >= 0.6 is 11.8 Å². The highest BCUT2D eigenvalue weighted by Gasteiger charge is 2.28. The van der Waals surface area contributed by atoms with Crippen molar-refractivity contribution in [3.63, 3.8) is 0 Å². The molecule has 1 N–H and O–H groups in total. The summed E-state index contributed by atoms with van der Waals surface area (Å²) in [7, 11) is 0. The molecule has 0 aliphatic carbocycles. The van der Waals surface area contributed by atoms with Gasteiger partial charge in [0.05, 0.1) is 23.4 Å². The molecule has 0 atom stereocenters. The van der Waals surface area contributed by atoms with E-state index in [1.165, 1.54) is 25.0 Å². The first-order valence-electron chi connectivity index (χ1n) is 8.86. The third kappa shape index (κ3) is 4.45. The third-order valence-corrected chi connectivity index (χ3v) is 5.02. The highest BCUT2D eigenvalue weighted by molar-refractivity contribution is 8.00. The van der Waals surface area contributed by atoms with Crippen molar-refractivity contribution in [3.05, 3.63) is 47.5 Å². The van der Waals surface area contributed by atoms with E-state index in [4.69, 9.17) is 9.15 Å². The molecule has 2 aromatic heterocycles. The monoisotopic (exact) mass is 413 g/mol. The number of ether oxygens (including phenoxy) is 1. The van der Waals surface area contributed by atoms with E-state index in [1.807, 2.05) is 24.3 Å². The number of furan rings is 1. The van der Waals surface area contributed by atoms with Crippen LogP contribution in [0.25, 0.3) is 10.9 Å². The van der Waals surface area contributed by atoms with Crippen molar-refractivity contribution in [1.29, 1.82) is 0 Å². The van der Waals surface area contributed by atoms with Crippen molar-refractivity contribution in [2.45, 2.75) is 25.8 Å². The van der Waals surface area contributed by atoms with Crippen LogP contribution in [0.4, 0.5) is 5.88 Å². The summed E-state index contributed by atoms with van der Waals surface area (Å²) >= 11 is 1.23. The maximum atomic E-state index is 12.5. The molecule has 0 bridgehead atoms. The van der Waals surface area contributed by atoms with Crippen molar-refractivity contribution in [2.75, 3.05) is 17.7 Å². The molecule has 29 heavy (non-hydrogen) atoms. The minimum atomic E-state index is -0.723. The average molecular weight is 413 g/mol. The fourth-order valence-corrected chi connectivity index (χ4v) is 3.64. The maximum Gasteiger partial charge on any atom is 0.344 e. The molecular formula is C20H19N3O5S. The van der Waals surface area contributed by atoms with Gasteiger partial charge in [0.1, 0.15) is 22.7 Å². The van der Waals surface area contributed by atoms with Crippen molar-refractivity contribution < 1.29 is 23.5 Å². The van der Waals surface area contributed by atoms with E-state index in [2.05, 4.69) is 15.3 Å². The highest BCUT2D eigenvalue weighted by Crippen LogP contribution is 2.29. The Morgan fingerprint density at radius 3 is 2.66 bits per heavy atom. The Morgan fingerprint density at radius 1 is 1.17 bits per heavy atom. The molecule has 0 saturated carbocycles. The van der Waals surface area contributed by atoms with Gasteiger partial charge >= 0.3 is 5.97 Å². The van der Waals surface area contributed by atoms with Gasteiger partial charge in [0, 0.05) is 5.39 Å². The van der Waals surface area contributed by atoms with E-state index in [0.717, 1.165) is 10.9 Å². The topological polar surface area (TPSA) is 111 Å². The molecular weight excluding hydrogens is 394 g/mol. The van der Waals surface area contributed by atoms with Crippen molar-refractivity contribution in [3.8, 4) is 0 Å². The second-order valence-corrected chi connectivity index (χ2v) is 7.01. The number of aryl methyl sites for hydroxylation is 1. The zero-order valence-corrected chi connectivity index (χ0v) is 17.0. The number of esters is 1. The smallest absolute Gasteiger partial charge is 0.344 e. The van der Waals surface area contributed by atoms with Crippen LogP contribution < -0.4 is 5.32 Å². The molecule has 2 heterocycles. The molecule has 1 aromatic carbocycles. The third-order valence-electron chi connectivity index (χ3n) is 4.02. The number of rotatable bonds is 7. The Hall–Kier alpha value is -3.20. The van der Waals surface area contributed by atoms with Crippen molar-refractivity contribution in [1.82, 2.24) is 9.97 Å². The number of anilines is 1. The van der Waals surface area contributed by atoms with Gasteiger partial charge in [-0.25, -0.2) is 14.8 Å². The van der Waals surface area contributed by atoms with Gasteiger partial charge in [0.25, 0.3) is 0 Å². The Kier molecular flexibility index (Phi) is 6.28. The molecule has 0 aliphatic rings. The lowest BCUT2D eigenvalue weighted by molar-refractivity contribution is -0.113. The summed E-state index contributed by atoms with van der Waals surface area (Å²) in [4.78, 5) is 45.1. The molecule has 0 fully saturated rings. The summed E-state index contributed by atoms with van der Waals surface area (Å²) in [6.07, 6.45) is 1.44. The number of carbonyl (C=O) groups excluding carboxylic acids is 3. The summed E-state index contributed by atoms with van der Waals surface area (Å²) in [5.41, 5.74) is 0.818. The van der Waals surface area contributed by atoms with E-state index in [9.17, 15) is 14.4 Å². The first-order chi connectivity index (χ1) is 13.9. The van der Waals surface area contributed by atoms with Crippen LogP contribution in [0, 0.1) is 6.92 Å². The minimum absolute atomic E-state index is 0.0262. The van der Waals surface area contributed by atoms with E-state index >= 15 is 0 Å². The number of ketones is 1. The Morgan fingerprint density at radius 2 is 1.93 bits per heavy atom. The number of nitrogens with zero attached hydrogens (tertiary/aromatic N) is 2. The predicted octanol–water partition coefficient (Wildman–Crippen LogP) is 3.64. The first-order valence-corrected chi connectivity index (χ1v) is 9.84. The molecule has 1 amide bonds. The van der Waals surface area contributed by atoms with Crippen LogP contribution in [0.2, 0.25) is 0 Å². The van der Waals surface area contributed by atoms with Crippen molar-refractivity contribution in [2.24, 2.45) is 0 Å². The number of hydrogen-bond donors (Lipinski definition) is 1. The summed E-state index contributed by atoms with van der Waals surface area (Å²) in [5.74, 6) is -1.31. The van der Waals surface area contributed by atoms with E-state index in [-0.39, 0.29) is 40.9 Å². The summed E-state index contributed by atoms with van der Waals surface area (Å²) in [5, 5.41) is 4.07. The first kappa shape index (κ1) is 20.5. The largest absolute Gasteiger partial charge is 0.462 e. The lowest BCUT2D eigenvalue weighted by Crippen LogP contribution is -2.17. The van der Waals surface area contributed by atoms with Gasteiger partial charge < -0.3 is 9.15 Å². The van der Waals surface area contributed by atoms with Crippen LogP contribution in [0.15, 0.2) is 40.0 Å². The molecule has 0 radical (unpaired) electrons. The maximum absolute atomic E-state index is 12.5. The van der Waals surface area contributed by atoms with E-state index < -0.39 is 11.9 Å². The van der Waals surface area contributed by atoms with E-state index in [0.29, 0.717) is 5.03 Å². The zero-order chi connectivity index (χ0) is 21.0. The summed E-state index contributed by atoms with van der Waals surface area (Å²) < 4.78 is 10.5. The van der Waals surface area contributed by atoms with Crippen LogP contribution in [-0.4, -0.2) is 40.0 Å². The van der Waals surface area contributed by atoms with Crippen LogP contribution in [-0.2, 0) is 9.53 Å². The van der Waals surface area contributed by atoms with Crippen LogP contribution in [0.1, 0.15) is 40.3 Å². The number of benzene rings is 1. The van der Waals surface area contributed by atoms with Gasteiger partial charge in [-0.15, -0.1) is 0 Å². The Bertz CT molecular complexity index is 1090. The fourth-order valence-electron chi connectivity index (χ4n) is 2.85. The zero-order valence-electron chi connectivity index (χ0n) is 16.1. The highest BCUT2D eigenvalue weighted by atomic mass is 32.2. The molecule has 0 spiro atoms. The lowest BCUT2D eigenvalue weighted by Gasteiger charge is -2.07. The molecule has 0 unspecified atom stereocenters. The second-order valence-electron chi connectivity index (χ2n) is 6.05. The number of aromatic nitrogens is 2. The van der Waals surface area contributed by atoms with Gasteiger partial charge in [-0.05, 0) is 26.8 Å². The number of para-hydroxylation sites is 1. The SMILES string of the molecule is CCOC(=O)c1c(NC(=O)CSc2ncnc3ccccc23)oc(C)c1C(C)=O. The number of Topliss-reactive ketones (excluding diaryl/α,β-unsaturated/α-hetero) is 1. The van der Waals surface area contributed by atoms with Crippen molar-refractivity contribution >= 4 is 46.2 Å². The van der Waals surface area contributed by atoms with Crippen LogP contribution in [0.3, 0.4) is 0 Å². The molecule has 3 aromatic rings. The lowest BCUT2D eigenvalue weighted by atomic mass is 10.1. The molecule has 0 aliphatic heterocycles. The minimum Gasteiger partial charge on any atom is -0.462 e. The average Bonchev–Trinajstić information content (AvgIpc) is 3.02. The quantitative estimate of drug-likeness (QED) is 0.270. The Labute approximate surface area is 171 Å². The number of nitrogens with one attached hydrogen (secondary N) is 1. The second kappa shape index (κ2) is 8.87. The molecule has 9 heteroatoms. The fraction of sp³-hybridized carbons (Fsp3) is 0.250. The number of carbonyl (C=O) groups is 3. The van der Waals surface area contributed by atoms with E-state index in [1.54, 1.807) is 13.8 Å². The Balaban J connectivity index is 1.79. The van der Waals surface area contributed by atoms with Gasteiger partial charge in [0.2, 0.25) is 11.8 Å². The molecule has 3 rings (SSSR count). The number of amides is 1. The summed E-state index contributed by atoms with van der Waals surface area (Å²) in [6.45, 7) is 4.66. The van der Waals surface area contributed by atoms with Gasteiger partial charge in [0.15, 0.2) is 5.78 Å².